The van der Waals surface area contributed by atoms with Crippen molar-refractivity contribution in [3.8, 4) is 0 Å². The fourth-order valence-corrected chi connectivity index (χ4v) is 3.75. The Morgan fingerprint density at radius 2 is 2.12 bits per heavy atom. The Hall–Kier alpha value is -2.08. The van der Waals surface area contributed by atoms with Crippen molar-refractivity contribution < 1.29 is 9.53 Å². The summed E-state index contributed by atoms with van der Waals surface area (Å²) in [6.45, 7) is 9.85. The molecule has 1 aromatic carbocycles. The largest absolute Gasteiger partial charge is 0.381 e. The van der Waals surface area contributed by atoms with Crippen LogP contribution in [0.25, 0.3) is 0 Å². The van der Waals surface area contributed by atoms with E-state index in [2.05, 4.69) is 22.5 Å². The minimum absolute atomic E-state index is 0.0343. The first-order valence-corrected chi connectivity index (χ1v) is 9.64. The number of benzene rings is 1. The van der Waals surface area contributed by atoms with Crippen LogP contribution in [0, 0.1) is 5.41 Å². The maximum Gasteiger partial charge on any atom is 0.251 e. The number of amides is 1. The molecule has 1 unspecified atom stereocenters. The third kappa shape index (κ3) is 4.36. The van der Waals surface area contributed by atoms with Crippen molar-refractivity contribution in [2.24, 2.45) is 10.4 Å². The van der Waals surface area contributed by atoms with Gasteiger partial charge < -0.3 is 20.3 Å². The van der Waals surface area contributed by atoms with Crippen LogP contribution in [0.5, 0.6) is 0 Å². The zero-order valence-corrected chi connectivity index (χ0v) is 15.9. The van der Waals surface area contributed by atoms with E-state index < -0.39 is 0 Å². The van der Waals surface area contributed by atoms with Crippen LogP contribution >= 0.6 is 0 Å². The molecule has 26 heavy (non-hydrogen) atoms. The topological polar surface area (TPSA) is 66.0 Å². The number of guanidine groups is 1. The quantitative estimate of drug-likeness (QED) is 0.624. The van der Waals surface area contributed by atoms with Gasteiger partial charge >= 0.3 is 0 Å². The SMILES string of the molecule is CCNC(=O)c1cccc(CN=C(NCC)N2CCC3(CCOC3)C2)c1. The fourth-order valence-electron chi connectivity index (χ4n) is 3.75. The van der Waals surface area contributed by atoms with E-state index in [1.54, 1.807) is 0 Å². The van der Waals surface area contributed by atoms with Crippen molar-refractivity contribution in [3.63, 3.8) is 0 Å². The summed E-state index contributed by atoms with van der Waals surface area (Å²) in [6.07, 6.45) is 2.32. The van der Waals surface area contributed by atoms with Gasteiger partial charge in [0, 0.05) is 43.8 Å². The van der Waals surface area contributed by atoms with Gasteiger partial charge in [0.15, 0.2) is 5.96 Å². The molecule has 2 fully saturated rings. The second kappa shape index (κ2) is 8.54. The van der Waals surface area contributed by atoms with Crippen LogP contribution < -0.4 is 10.6 Å². The van der Waals surface area contributed by atoms with Gasteiger partial charge in [0.05, 0.1) is 13.2 Å². The summed E-state index contributed by atoms with van der Waals surface area (Å²) in [7, 11) is 0. The Morgan fingerprint density at radius 1 is 1.27 bits per heavy atom. The summed E-state index contributed by atoms with van der Waals surface area (Å²) in [5.74, 6) is 0.924. The molecule has 0 aliphatic carbocycles. The molecule has 2 N–H and O–H groups in total. The molecule has 142 valence electrons. The summed E-state index contributed by atoms with van der Waals surface area (Å²) in [4.78, 5) is 19.2. The normalized spacial score (nSPS) is 22.8. The number of likely N-dealkylation sites (tertiary alicyclic amines) is 1. The number of nitrogens with one attached hydrogen (secondary N) is 2. The molecule has 0 radical (unpaired) electrons. The van der Waals surface area contributed by atoms with Gasteiger partial charge in [0.25, 0.3) is 5.91 Å². The molecular formula is C20H30N4O2. The standard InChI is InChI=1S/C20H30N4O2/c1-3-21-18(25)17-7-5-6-16(12-17)13-23-19(22-4-2)24-10-8-20(14-24)9-11-26-15-20/h5-7,12H,3-4,8-11,13-15H2,1-2H3,(H,21,25)(H,22,23). The highest BCUT2D eigenvalue weighted by molar-refractivity contribution is 5.94. The Labute approximate surface area is 156 Å². The van der Waals surface area contributed by atoms with Crippen LogP contribution in [0.15, 0.2) is 29.3 Å². The molecule has 1 spiro atoms. The zero-order chi connectivity index (χ0) is 18.4. The maximum absolute atomic E-state index is 12.0. The van der Waals surface area contributed by atoms with Crippen LogP contribution in [-0.4, -0.2) is 56.2 Å². The Morgan fingerprint density at radius 3 is 2.85 bits per heavy atom. The van der Waals surface area contributed by atoms with Crippen LogP contribution in [0.1, 0.15) is 42.6 Å². The predicted octanol–water partition coefficient (Wildman–Crippen LogP) is 2.01. The van der Waals surface area contributed by atoms with Gasteiger partial charge in [-0.15, -0.1) is 0 Å². The number of aliphatic imine (C=N–C) groups is 1. The van der Waals surface area contributed by atoms with E-state index in [9.17, 15) is 4.79 Å². The molecule has 2 heterocycles. The molecule has 6 nitrogen and oxygen atoms in total. The first-order chi connectivity index (χ1) is 12.7. The third-order valence-electron chi connectivity index (χ3n) is 5.20. The second-order valence-electron chi connectivity index (χ2n) is 7.20. The molecule has 1 amide bonds. The first kappa shape index (κ1) is 18.7. The lowest BCUT2D eigenvalue weighted by Gasteiger charge is -2.25. The lowest BCUT2D eigenvalue weighted by Crippen LogP contribution is -2.41. The van der Waals surface area contributed by atoms with Crippen molar-refractivity contribution in [2.45, 2.75) is 33.2 Å². The van der Waals surface area contributed by atoms with E-state index in [0.29, 0.717) is 24.1 Å². The molecule has 2 aliphatic rings. The minimum atomic E-state index is -0.0343. The Balaban J connectivity index is 1.68. The number of rotatable bonds is 5. The highest BCUT2D eigenvalue weighted by Crippen LogP contribution is 2.38. The number of carbonyl (C=O) groups excluding carboxylic acids is 1. The lowest BCUT2D eigenvalue weighted by molar-refractivity contribution is 0.0955. The molecule has 3 rings (SSSR count). The summed E-state index contributed by atoms with van der Waals surface area (Å²) >= 11 is 0. The number of nitrogens with zero attached hydrogens (tertiary/aromatic N) is 2. The smallest absolute Gasteiger partial charge is 0.251 e. The minimum Gasteiger partial charge on any atom is -0.381 e. The van der Waals surface area contributed by atoms with Crippen LogP contribution in [0.3, 0.4) is 0 Å². The molecule has 0 bridgehead atoms. The van der Waals surface area contributed by atoms with Gasteiger partial charge in [0.2, 0.25) is 0 Å². The molecule has 1 aromatic rings. The van der Waals surface area contributed by atoms with E-state index in [1.807, 2.05) is 31.2 Å². The molecule has 2 saturated heterocycles. The summed E-state index contributed by atoms with van der Waals surface area (Å²) < 4.78 is 5.63. The van der Waals surface area contributed by atoms with Crippen molar-refractivity contribution >= 4 is 11.9 Å². The van der Waals surface area contributed by atoms with E-state index in [1.165, 1.54) is 6.42 Å². The van der Waals surface area contributed by atoms with E-state index in [-0.39, 0.29) is 5.91 Å². The molecule has 2 aliphatic heterocycles. The summed E-state index contributed by atoms with van der Waals surface area (Å²) in [5, 5.41) is 6.25. The average molecular weight is 358 g/mol. The average Bonchev–Trinajstić information content (AvgIpc) is 3.29. The van der Waals surface area contributed by atoms with Gasteiger partial charge in [-0.05, 0) is 44.4 Å². The van der Waals surface area contributed by atoms with Crippen molar-refractivity contribution in [1.82, 2.24) is 15.5 Å². The van der Waals surface area contributed by atoms with Crippen LogP contribution in [0.2, 0.25) is 0 Å². The number of ether oxygens (including phenoxy) is 1. The van der Waals surface area contributed by atoms with Gasteiger partial charge in [-0.2, -0.15) is 0 Å². The number of hydrogen-bond donors (Lipinski definition) is 2. The lowest BCUT2D eigenvalue weighted by atomic mass is 9.87. The fraction of sp³-hybridized carbons (Fsp3) is 0.600. The van der Waals surface area contributed by atoms with Crippen molar-refractivity contribution in [3.05, 3.63) is 35.4 Å². The van der Waals surface area contributed by atoms with Gasteiger partial charge in [-0.1, -0.05) is 12.1 Å². The molecule has 0 aromatic heterocycles. The van der Waals surface area contributed by atoms with Gasteiger partial charge in [0.1, 0.15) is 0 Å². The third-order valence-corrected chi connectivity index (χ3v) is 5.20. The first-order valence-electron chi connectivity index (χ1n) is 9.64. The molecular weight excluding hydrogens is 328 g/mol. The number of carbonyl (C=O) groups is 1. The zero-order valence-electron chi connectivity index (χ0n) is 15.9. The molecule has 0 saturated carbocycles. The molecule has 1 atom stereocenters. The van der Waals surface area contributed by atoms with E-state index >= 15 is 0 Å². The second-order valence-corrected chi connectivity index (χ2v) is 7.20. The van der Waals surface area contributed by atoms with E-state index in [0.717, 1.165) is 50.8 Å². The maximum atomic E-state index is 12.0. The molecule has 6 heteroatoms. The van der Waals surface area contributed by atoms with Crippen LogP contribution in [0.4, 0.5) is 0 Å². The highest BCUT2D eigenvalue weighted by atomic mass is 16.5. The van der Waals surface area contributed by atoms with Gasteiger partial charge in [-0.3, -0.25) is 4.79 Å². The van der Waals surface area contributed by atoms with Crippen molar-refractivity contribution in [1.29, 1.82) is 0 Å². The Kier molecular flexibility index (Phi) is 6.14. The predicted molar refractivity (Wildman–Crippen MR) is 103 cm³/mol. The van der Waals surface area contributed by atoms with Gasteiger partial charge in [-0.25, -0.2) is 4.99 Å². The van der Waals surface area contributed by atoms with Crippen molar-refractivity contribution in [2.75, 3.05) is 39.4 Å². The van der Waals surface area contributed by atoms with E-state index in [4.69, 9.17) is 9.73 Å². The Bertz CT molecular complexity index is 653. The summed E-state index contributed by atoms with van der Waals surface area (Å²) in [5.41, 5.74) is 2.05. The van der Waals surface area contributed by atoms with Crippen LogP contribution in [-0.2, 0) is 11.3 Å². The highest BCUT2D eigenvalue weighted by Gasteiger charge is 2.42. The monoisotopic (exact) mass is 358 g/mol. The number of hydrogen-bond acceptors (Lipinski definition) is 3. The summed E-state index contributed by atoms with van der Waals surface area (Å²) in [6, 6.07) is 7.71.